The number of carbonyl (C=O) groups is 1. The van der Waals surface area contributed by atoms with E-state index in [0.717, 1.165) is 12.1 Å². The van der Waals surface area contributed by atoms with E-state index in [4.69, 9.17) is 9.47 Å². The molecule has 0 amide bonds. The molecule has 1 saturated carbocycles. The molecule has 1 aliphatic carbocycles. The Morgan fingerprint density at radius 3 is 2.55 bits per heavy atom. The molecule has 0 aliphatic heterocycles. The van der Waals surface area contributed by atoms with Gasteiger partial charge in [0.1, 0.15) is 6.10 Å². The Bertz CT molecular complexity index is 446. The Morgan fingerprint density at radius 1 is 1.30 bits per heavy atom. The second-order valence-corrected chi connectivity index (χ2v) is 4.75. The van der Waals surface area contributed by atoms with Crippen molar-refractivity contribution in [3.05, 3.63) is 29.8 Å². The van der Waals surface area contributed by atoms with Gasteiger partial charge in [-0.05, 0) is 37.6 Å². The summed E-state index contributed by atoms with van der Waals surface area (Å²) in [6.07, 6.45) is 1.15. The fraction of sp³-hybridized carbons (Fsp3) is 0.533. The normalized spacial score (nSPS) is 24.9. The Labute approximate surface area is 119 Å². The molecule has 1 N–H and O–H groups in total. The van der Waals surface area contributed by atoms with Crippen LogP contribution in [0.2, 0.25) is 0 Å². The topological polar surface area (TPSA) is 56.8 Å². The van der Waals surface area contributed by atoms with Gasteiger partial charge in [-0.2, -0.15) is 0 Å². The SMILES string of the molecule is CCOC1CC(Nc2ccc(C(=O)OC)cc2)C1OC. The molecular weight excluding hydrogens is 258 g/mol. The third kappa shape index (κ3) is 3.11. The fourth-order valence-electron chi connectivity index (χ4n) is 2.45. The smallest absolute Gasteiger partial charge is 0.337 e. The third-order valence-electron chi connectivity index (χ3n) is 3.56. The van der Waals surface area contributed by atoms with Crippen molar-refractivity contribution in [3.63, 3.8) is 0 Å². The number of rotatable bonds is 6. The fourth-order valence-corrected chi connectivity index (χ4v) is 2.45. The molecule has 0 aromatic heterocycles. The number of esters is 1. The molecule has 20 heavy (non-hydrogen) atoms. The lowest BCUT2D eigenvalue weighted by atomic mass is 9.85. The van der Waals surface area contributed by atoms with Crippen LogP contribution in [0.1, 0.15) is 23.7 Å². The number of ether oxygens (including phenoxy) is 3. The van der Waals surface area contributed by atoms with Gasteiger partial charge in [0.25, 0.3) is 0 Å². The molecule has 1 aromatic carbocycles. The minimum atomic E-state index is -0.327. The molecule has 5 heteroatoms. The molecule has 0 radical (unpaired) electrons. The largest absolute Gasteiger partial charge is 0.465 e. The summed E-state index contributed by atoms with van der Waals surface area (Å²) in [6, 6.07) is 7.46. The third-order valence-corrected chi connectivity index (χ3v) is 3.56. The number of hydrogen-bond donors (Lipinski definition) is 1. The number of carbonyl (C=O) groups excluding carboxylic acids is 1. The summed E-state index contributed by atoms with van der Waals surface area (Å²) in [5, 5.41) is 3.39. The second-order valence-electron chi connectivity index (χ2n) is 4.75. The molecule has 3 atom stereocenters. The number of anilines is 1. The zero-order valence-electron chi connectivity index (χ0n) is 12.1. The lowest BCUT2D eigenvalue weighted by molar-refractivity contribution is -0.118. The number of hydrogen-bond acceptors (Lipinski definition) is 5. The van der Waals surface area contributed by atoms with Gasteiger partial charge in [0.15, 0.2) is 0 Å². The van der Waals surface area contributed by atoms with Gasteiger partial charge in [0.2, 0.25) is 0 Å². The van der Waals surface area contributed by atoms with Crippen LogP contribution in [0.4, 0.5) is 5.69 Å². The first-order valence-electron chi connectivity index (χ1n) is 6.79. The van der Waals surface area contributed by atoms with Crippen LogP contribution in [0.5, 0.6) is 0 Å². The Morgan fingerprint density at radius 2 is 2.00 bits per heavy atom. The molecule has 0 bridgehead atoms. The van der Waals surface area contributed by atoms with Gasteiger partial charge in [-0.15, -0.1) is 0 Å². The molecule has 1 aliphatic rings. The minimum absolute atomic E-state index is 0.0650. The monoisotopic (exact) mass is 279 g/mol. The van der Waals surface area contributed by atoms with Crippen molar-refractivity contribution in [3.8, 4) is 0 Å². The van der Waals surface area contributed by atoms with Crippen LogP contribution < -0.4 is 5.32 Å². The molecule has 110 valence electrons. The highest BCUT2D eigenvalue weighted by Gasteiger charge is 2.42. The zero-order valence-corrected chi connectivity index (χ0v) is 12.1. The molecule has 1 aromatic rings. The summed E-state index contributed by atoms with van der Waals surface area (Å²) in [5.74, 6) is -0.327. The van der Waals surface area contributed by atoms with E-state index >= 15 is 0 Å². The summed E-state index contributed by atoms with van der Waals surface area (Å²) >= 11 is 0. The summed E-state index contributed by atoms with van der Waals surface area (Å²) in [7, 11) is 3.07. The average molecular weight is 279 g/mol. The average Bonchev–Trinajstić information content (AvgIpc) is 2.46. The van der Waals surface area contributed by atoms with Crippen LogP contribution in [0.3, 0.4) is 0 Å². The maximum atomic E-state index is 11.3. The number of benzene rings is 1. The van der Waals surface area contributed by atoms with Crippen LogP contribution in [-0.4, -0.2) is 45.0 Å². The van der Waals surface area contributed by atoms with Crippen molar-refractivity contribution in [2.24, 2.45) is 0 Å². The maximum absolute atomic E-state index is 11.3. The maximum Gasteiger partial charge on any atom is 0.337 e. The summed E-state index contributed by atoms with van der Waals surface area (Å²) in [6.45, 7) is 2.68. The lowest BCUT2D eigenvalue weighted by Crippen LogP contribution is -2.56. The number of nitrogens with one attached hydrogen (secondary N) is 1. The first-order valence-corrected chi connectivity index (χ1v) is 6.79. The van der Waals surface area contributed by atoms with Crippen LogP contribution in [0, 0.1) is 0 Å². The molecule has 5 nitrogen and oxygen atoms in total. The van der Waals surface area contributed by atoms with E-state index in [1.165, 1.54) is 7.11 Å². The highest BCUT2D eigenvalue weighted by atomic mass is 16.5. The van der Waals surface area contributed by atoms with Crippen LogP contribution in [0.15, 0.2) is 24.3 Å². The van der Waals surface area contributed by atoms with E-state index in [0.29, 0.717) is 12.2 Å². The van der Waals surface area contributed by atoms with Gasteiger partial charge < -0.3 is 19.5 Å². The standard InChI is InChI=1S/C15H21NO4/c1-4-20-13-9-12(14(13)18-2)16-11-7-5-10(6-8-11)15(17)19-3/h5-8,12-14,16H,4,9H2,1-3H3. The first-order chi connectivity index (χ1) is 9.69. The number of methoxy groups -OCH3 is 2. The van der Waals surface area contributed by atoms with Gasteiger partial charge in [0, 0.05) is 19.4 Å². The van der Waals surface area contributed by atoms with E-state index in [1.807, 2.05) is 19.1 Å². The van der Waals surface area contributed by atoms with Crippen molar-refractivity contribution >= 4 is 11.7 Å². The summed E-state index contributed by atoms with van der Waals surface area (Å²) in [5.41, 5.74) is 1.50. The van der Waals surface area contributed by atoms with Gasteiger partial charge in [-0.25, -0.2) is 4.79 Å². The van der Waals surface area contributed by atoms with Crippen molar-refractivity contribution in [2.45, 2.75) is 31.6 Å². The predicted molar refractivity (Wildman–Crippen MR) is 76.0 cm³/mol. The second kappa shape index (κ2) is 6.72. The Kier molecular flexibility index (Phi) is 4.98. The van der Waals surface area contributed by atoms with Gasteiger partial charge in [-0.1, -0.05) is 0 Å². The van der Waals surface area contributed by atoms with Gasteiger partial charge in [-0.3, -0.25) is 0 Å². The van der Waals surface area contributed by atoms with Gasteiger partial charge in [0.05, 0.1) is 24.8 Å². The van der Waals surface area contributed by atoms with E-state index in [9.17, 15) is 4.79 Å². The molecule has 0 saturated heterocycles. The first kappa shape index (κ1) is 14.8. The zero-order chi connectivity index (χ0) is 14.5. The van der Waals surface area contributed by atoms with E-state index in [1.54, 1.807) is 19.2 Å². The molecule has 0 heterocycles. The van der Waals surface area contributed by atoms with E-state index < -0.39 is 0 Å². The molecule has 0 spiro atoms. The highest BCUT2D eigenvalue weighted by molar-refractivity contribution is 5.89. The van der Waals surface area contributed by atoms with Gasteiger partial charge >= 0.3 is 5.97 Å². The Hall–Kier alpha value is -1.59. The van der Waals surface area contributed by atoms with Crippen molar-refractivity contribution < 1.29 is 19.0 Å². The predicted octanol–water partition coefficient (Wildman–Crippen LogP) is 2.08. The summed E-state index contributed by atoms with van der Waals surface area (Å²) < 4.78 is 15.7. The van der Waals surface area contributed by atoms with E-state index in [-0.39, 0.29) is 24.2 Å². The molecule has 1 fully saturated rings. The Balaban J connectivity index is 1.92. The van der Waals surface area contributed by atoms with Crippen molar-refractivity contribution in [1.29, 1.82) is 0 Å². The summed E-state index contributed by atoms with van der Waals surface area (Å²) in [4.78, 5) is 11.3. The van der Waals surface area contributed by atoms with Crippen molar-refractivity contribution in [1.82, 2.24) is 0 Å². The van der Waals surface area contributed by atoms with Crippen LogP contribution in [-0.2, 0) is 14.2 Å². The molecule has 3 unspecified atom stereocenters. The molecule has 2 rings (SSSR count). The van der Waals surface area contributed by atoms with Crippen LogP contribution >= 0.6 is 0 Å². The highest BCUT2D eigenvalue weighted by Crippen LogP contribution is 2.29. The molecular formula is C15H21NO4. The lowest BCUT2D eigenvalue weighted by Gasteiger charge is -2.43. The van der Waals surface area contributed by atoms with Crippen molar-refractivity contribution in [2.75, 3.05) is 26.1 Å². The quantitative estimate of drug-likeness (QED) is 0.808. The van der Waals surface area contributed by atoms with E-state index in [2.05, 4.69) is 10.1 Å². The van der Waals surface area contributed by atoms with Crippen LogP contribution in [0.25, 0.3) is 0 Å². The minimum Gasteiger partial charge on any atom is -0.465 e.